The van der Waals surface area contributed by atoms with Crippen LogP contribution in [0.1, 0.15) is 54.7 Å². The fourth-order valence-electron chi connectivity index (χ4n) is 6.70. The van der Waals surface area contributed by atoms with E-state index in [4.69, 9.17) is 14.5 Å². The third-order valence-corrected chi connectivity index (χ3v) is 9.35. The van der Waals surface area contributed by atoms with Gasteiger partial charge in [0.25, 0.3) is 0 Å². The second-order valence-electron chi connectivity index (χ2n) is 12.0. The number of aryl methyl sites for hydroxylation is 1. The maximum atomic E-state index is 15.2. The molecule has 0 saturated carbocycles. The first kappa shape index (κ1) is 29.5. The summed E-state index contributed by atoms with van der Waals surface area (Å²) in [5, 5.41) is 9.31. The van der Waals surface area contributed by atoms with Crippen LogP contribution in [0.25, 0.3) is 11.3 Å². The number of nitrogens with zero attached hydrogens (tertiary/aromatic N) is 3. The van der Waals surface area contributed by atoms with Crippen LogP contribution in [0.3, 0.4) is 0 Å². The molecule has 0 spiro atoms. The summed E-state index contributed by atoms with van der Waals surface area (Å²) < 4.78 is 41.2. The van der Waals surface area contributed by atoms with Gasteiger partial charge in [-0.25, -0.2) is 13.8 Å². The topological polar surface area (TPSA) is 75.1 Å². The van der Waals surface area contributed by atoms with E-state index >= 15 is 4.39 Å². The summed E-state index contributed by atoms with van der Waals surface area (Å²) in [5.74, 6) is -1.51. The van der Waals surface area contributed by atoms with Crippen molar-refractivity contribution in [2.24, 2.45) is 5.92 Å². The van der Waals surface area contributed by atoms with Crippen molar-refractivity contribution in [3.63, 3.8) is 0 Å². The van der Waals surface area contributed by atoms with Gasteiger partial charge in [-0.2, -0.15) is 0 Å². The third-order valence-electron chi connectivity index (χ3n) is 9.35. The normalized spacial score (nSPS) is 20.4. The van der Waals surface area contributed by atoms with E-state index in [2.05, 4.69) is 23.1 Å². The maximum Gasteiger partial charge on any atom is 0.306 e. The third kappa shape index (κ3) is 6.68. The molecule has 3 fully saturated rings. The number of carbonyl (C=O) groups is 1. The average molecular weight is 592 g/mol. The minimum atomic E-state index is -0.779. The number of aliphatic carboxylic acids is 1. The monoisotopic (exact) mass is 591 g/mol. The number of benzene rings is 2. The van der Waals surface area contributed by atoms with Crippen molar-refractivity contribution in [1.82, 2.24) is 9.88 Å². The van der Waals surface area contributed by atoms with E-state index in [-0.39, 0.29) is 23.8 Å². The van der Waals surface area contributed by atoms with Crippen molar-refractivity contribution in [1.29, 1.82) is 0 Å². The number of ether oxygens (including phenoxy) is 2. The molecule has 3 saturated heterocycles. The number of rotatable bonds is 8. The lowest BCUT2D eigenvalue weighted by molar-refractivity contribution is -0.142. The molecule has 0 bridgehead atoms. The standard InChI is InChI=1S/C34H39F2N3O4/c1-22-17-25(23-7-12-38(13-8-23)28-11-16-42-21-28)5-6-26(22)20-43-33-29(18-27(35)19-30(33)36)31-3-2-4-32(37-31)39-14-9-24(10-15-39)34(40)41/h2-6,17-19,23-24,28H,7-16,20-21H2,1H3,(H,40,41). The number of carboxylic acids is 1. The van der Waals surface area contributed by atoms with Crippen molar-refractivity contribution in [2.45, 2.75) is 57.6 Å². The van der Waals surface area contributed by atoms with Gasteiger partial charge in [0, 0.05) is 37.4 Å². The molecule has 3 aliphatic rings. The molecule has 4 heterocycles. The van der Waals surface area contributed by atoms with E-state index in [9.17, 15) is 14.3 Å². The Morgan fingerprint density at radius 1 is 1.02 bits per heavy atom. The molecule has 1 aromatic heterocycles. The van der Waals surface area contributed by atoms with Crippen LogP contribution in [0.5, 0.6) is 5.75 Å². The Kier molecular flexibility index (Phi) is 8.90. The number of likely N-dealkylation sites (tertiary alicyclic amines) is 1. The molecule has 0 amide bonds. The molecule has 3 aliphatic heterocycles. The average Bonchev–Trinajstić information content (AvgIpc) is 3.56. The van der Waals surface area contributed by atoms with Crippen molar-refractivity contribution in [3.8, 4) is 17.0 Å². The van der Waals surface area contributed by atoms with Crippen LogP contribution in [0.15, 0.2) is 48.5 Å². The second-order valence-corrected chi connectivity index (χ2v) is 12.0. The summed E-state index contributed by atoms with van der Waals surface area (Å²) in [4.78, 5) is 20.6. The highest BCUT2D eigenvalue weighted by molar-refractivity contribution is 5.71. The Bertz CT molecular complexity index is 1450. The number of halogens is 2. The fourth-order valence-corrected chi connectivity index (χ4v) is 6.70. The minimum Gasteiger partial charge on any atom is -0.485 e. The van der Waals surface area contributed by atoms with Crippen molar-refractivity contribution in [3.05, 3.63) is 76.9 Å². The summed E-state index contributed by atoms with van der Waals surface area (Å²) in [6, 6.07) is 14.4. The van der Waals surface area contributed by atoms with Crippen LogP contribution in [-0.2, 0) is 16.1 Å². The predicted molar refractivity (Wildman–Crippen MR) is 160 cm³/mol. The summed E-state index contributed by atoms with van der Waals surface area (Å²) in [6.07, 6.45) is 4.43. The summed E-state index contributed by atoms with van der Waals surface area (Å²) in [5.41, 5.74) is 3.99. The number of anilines is 1. The van der Waals surface area contributed by atoms with Gasteiger partial charge in [0.1, 0.15) is 18.2 Å². The zero-order valence-electron chi connectivity index (χ0n) is 24.6. The van der Waals surface area contributed by atoms with Gasteiger partial charge >= 0.3 is 5.97 Å². The highest BCUT2D eigenvalue weighted by atomic mass is 19.1. The molecule has 0 aliphatic carbocycles. The highest BCUT2D eigenvalue weighted by Crippen LogP contribution is 2.36. The highest BCUT2D eigenvalue weighted by Gasteiger charge is 2.29. The molecule has 1 N–H and O–H groups in total. The Balaban J connectivity index is 1.14. The molecular formula is C34H39F2N3O4. The van der Waals surface area contributed by atoms with E-state index in [0.717, 1.165) is 62.8 Å². The van der Waals surface area contributed by atoms with Gasteiger partial charge in [0.15, 0.2) is 11.6 Å². The molecule has 9 heteroatoms. The smallest absolute Gasteiger partial charge is 0.306 e. The van der Waals surface area contributed by atoms with E-state index in [1.807, 2.05) is 17.9 Å². The van der Waals surface area contributed by atoms with Crippen LogP contribution in [0.4, 0.5) is 14.6 Å². The zero-order chi connectivity index (χ0) is 29.9. The molecule has 2 aromatic carbocycles. The number of carboxylic acid groups (broad SMARTS) is 1. The van der Waals surface area contributed by atoms with Crippen molar-refractivity contribution < 1.29 is 28.2 Å². The Hall–Kier alpha value is -3.56. The van der Waals surface area contributed by atoms with E-state index in [1.54, 1.807) is 12.1 Å². The summed E-state index contributed by atoms with van der Waals surface area (Å²) in [7, 11) is 0. The molecule has 6 rings (SSSR count). The molecule has 0 radical (unpaired) electrons. The van der Waals surface area contributed by atoms with Gasteiger partial charge in [0.05, 0.1) is 18.2 Å². The van der Waals surface area contributed by atoms with Crippen LogP contribution in [-0.4, -0.2) is 66.4 Å². The number of aromatic nitrogens is 1. The van der Waals surface area contributed by atoms with Gasteiger partial charge in [-0.1, -0.05) is 24.3 Å². The predicted octanol–water partition coefficient (Wildman–Crippen LogP) is 6.18. The van der Waals surface area contributed by atoms with Crippen molar-refractivity contribution >= 4 is 11.8 Å². The first-order chi connectivity index (χ1) is 20.9. The van der Waals surface area contributed by atoms with E-state index < -0.39 is 17.6 Å². The van der Waals surface area contributed by atoms with Crippen LogP contribution >= 0.6 is 0 Å². The Labute approximate surface area is 251 Å². The van der Waals surface area contributed by atoms with Crippen molar-refractivity contribution in [2.75, 3.05) is 44.3 Å². The van der Waals surface area contributed by atoms with Crippen LogP contribution in [0, 0.1) is 24.5 Å². The van der Waals surface area contributed by atoms with Crippen LogP contribution in [0.2, 0.25) is 0 Å². The van der Waals surface area contributed by atoms with Gasteiger partial charge in [-0.15, -0.1) is 0 Å². The van der Waals surface area contributed by atoms with Gasteiger partial charge in [0.2, 0.25) is 0 Å². The Morgan fingerprint density at radius 2 is 1.81 bits per heavy atom. The van der Waals surface area contributed by atoms with E-state index in [0.29, 0.717) is 49.4 Å². The minimum absolute atomic E-state index is 0.0395. The SMILES string of the molecule is Cc1cc(C2CCN(C3CCOC3)CC2)ccc1COc1c(F)cc(F)cc1-c1cccc(N2CCC(C(=O)O)CC2)n1. The number of piperidine rings is 2. The lowest BCUT2D eigenvalue weighted by Crippen LogP contribution is -2.41. The lowest BCUT2D eigenvalue weighted by atomic mass is 9.87. The molecular weight excluding hydrogens is 552 g/mol. The second kappa shape index (κ2) is 13.0. The van der Waals surface area contributed by atoms with Crippen LogP contribution < -0.4 is 9.64 Å². The van der Waals surface area contributed by atoms with E-state index in [1.165, 1.54) is 11.6 Å². The quantitative estimate of drug-likeness (QED) is 0.335. The maximum absolute atomic E-state index is 15.2. The number of hydrogen-bond acceptors (Lipinski definition) is 6. The summed E-state index contributed by atoms with van der Waals surface area (Å²) in [6.45, 7) is 7.20. The van der Waals surface area contributed by atoms with Gasteiger partial charge in [-0.05, 0) is 92.9 Å². The first-order valence-electron chi connectivity index (χ1n) is 15.3. The number of pyridine rings is 1. The van der Waals surface area contributed by atoms with Gasteiger partial charge < -0.3 is 19.5 Å². The largest absolute Gasteiger partial charge is 0.485 e. The molecule has 7 nitrogen and oxygen atoms in total. The number of hydrogen-bond donors (Lipinski definition) is 1. The zero-order valence-corrected chi connectivity index (χ0v) is 24.6. The molecule has 1 unspecified atom stereocenters. The van der Waals surface area contributed by atoms with Gasteiger partial charge in [-0.3, -0.25) is 9.69 Å². The first-order valence-corrected chi connectivity index (χ1v) is 15.3. The summed E-state index contributed by atoms with van der Waals surface area (Å²) >= 11 is 0. The molecule has 43 heavy (non-hydrogen) atoms. The fraction of sp³-hybridized carbons (Fsp3) is 0.471. The molecule has 1 atom stereocenters. The molecule has 3 aromatic rings. The molecule has 228 valence electrons. The Morgan fingerprint density at radius 3 is 2.51 bits per heavy atom. The lowest BCUT2D eigenvalue weighted by Gasteiger charge is -2.35.